The molecule has 1 aliphatic heterocycles. The Hall–Kier alpha value is -1.98. The largest absolute Gasteiger partial charge is 0.489 e. The van der Waals surface area contributed by atoms with Crippen LogP contribution in [0.4, 0.5) is 0 Å². The van der Waals surface area contributed by atoms with Crippen molar-refractivity contribution in [3.8, 4) is 5.75 Å². The number of carbonyl (C=O) groups excluding carboxylic acids is 1. The number of hydrogen-bond acceptors (Lipinski definition) is 5. The van der Waals surface area contributed by atoms with Crippen LogP contribution < -0.4 is 10.5 Å². The van der Waals surface area contributed by atoms with Crippen LogP contribution in [0, 0.1) is 0 Å². The minimum Gasteiger partial charge on any atom is -0.489 e. The zero-order valence-corrected chi connectivity index (χ0v) is 13.8. The molecule has 120 valence electrons. The van der Waals surface area contributed by atoms with Crippen molar-refractivity contribution < 1.29 is 14.3 Å². The Morgan fingerprint density at radius 2 is 2.13 bits per heavy atom. The number of hydrogen-bond donors (Lipinski definition) is 1. The number of rotatable bonds is 4. The van der Waals surface area contributed by atoms with Gasteiger partial charge in [-0.2, -0.15) is 0 Å². The predicted molar refractivity (Wildman–Crippen MR) is 91.9 cm³/mol. The van der Waals surface area contributed by atoms with E-state index in [4.69, 9.17) is 15.2 Å². The minimum atomic E-state index is -0.340. The SMILES string of the molecule is COC(=O)c1ccc2c(c1)C(SCCN)c1ccccc1CO2. The van der Waals surface area contributed by atoms with Gasteiger partial charge in [-0.05, 0) is 29.3 Å². The average Bonchev–Trinajstić information content (AvgIpc) is 2.75. The zero-order valence-electron chi connectivity index (χ0n) is 13.0. The van der Waals surface area contributed by atoms with E-state index in [-0.39, 0.29) is 11.2 Å². The fraction of sp³-hybridized carbons (Fsp3) is 0.278. The van der Waals surface area contributed by atoms with Gasteiger partial charge < -0.3 is 15.2 Å². The zero-order chi connectivity index (χ0) is 16.2. The van der Waals surface area contributed by atoms with Crippen molar-refractivity contribution in [1.82, 2.24) is 0 Å². The van der Waals surface area contributed by atoms with Gasteiger partial charge in [-0.25, -0.2) is 4.79 Å². The molecule has 23 heavy (non-hydrogen) atoms. The molecule has 4 nitrogen and oxygen atoms in total. The number of nitrogens with two attached hydrogens (primary N) is 1. The van der Waals surface area contributed by atoms with Gasteiger partial charge in [-0.15, -0.1) is 11.8 Å². The van der Waals surface area contributed by atoms with Gasteiger partial charge in [0.15, 0.2) is 0 Å². The molecular weight excluding hydrogens is 310 g/mol. The van der Waals surface area contributed by atoms with E-state index < -0.39 is 0 Å². The normalized spacial score (nSPS) is 15.8. The Bertz CT molecular complexity index is 717. The molecule has 0 fully saturated rings. The van der Waals surface area contributed by atoms with Gasteiger partial charge in [-0.1, -0.05) is 24.3 Å². The van der Waals surface area contributed by atoms with Crippen molar-refractivity contribution in [3.63, 3.8) is 0 Å². The van der Waals surface area contributed by atoms with Crippen molar-refractivity contribution in [2.45, 2.75) is 11.9 Å². The molecule has 2 aromatic carbocycles. The lowest BCUT2D eigenvalue weighted by atomic mass is 9.98. The van der Waals surface area contributed by atoms with Crippen LogP contribution in [-0.4, -0.2) is 25.4 Å². The standard InChI is InChI=1S/C18H19NO3S/c1-21-18(20)12-6-7-16-15(10-12)17(23-9-8-19)14-5-3-2-4-13(14)11-22-16/h2-7,10,17H,8-9,11,19H2,1H3. The van der Waals surface area contributed by atoms with Crippen LogP contribution in [0.1, 0.15) is 32.3 Å². The second kappa shape index (κ2) is 7.06. The molecular formula is C18H19NO3S. The highest BCUT2D eigenvalue weighted by Crippen LogP contribution is 2.44. The quantitative estimate of drug-likeness (QED) is 0.873. The highest BCUT2D eigenvalue weighted by Gasteiger charge is 2.26. The molecule has 1 heterocycles. The maximum absolute atomic E-state index is 11.9. The summed E-state index contributed by atoms with van der Waals surface area (Å²) < 4.78 is 10.8. The average molecular weight is 329 g/mol. The number of esters is 1. The van der Waals surface area contributed by atoms with Gasteiger partial charge in [0.1, 0.15) is 12.4 Å². The summed E-state index contributed by atoms with van der Waals surface area (Å²) in [4.78, 5) is 11.9. The first-order valence-corrected chi connectivity index (χ1v) is 8.54. The van der Waals surface area contributed by atoms with E-state index in [9.17, 15) is 4.79 Å². The minimum absolute atomic E-state index is 0.0943. The Balaban J connectivity index is 2.10. The van der Waals surface area contributed by atoms with Crippen molar-refractivity contribution in [3.05, 3.63) is 64.7 Å². The Morgan fingerprint density at radius 3 is 2.91 bits per heavy atom. The van der Waals surface area contributed by atoms with Gasteiger partial charge in [0.05, 0.1) is 17.9 Å². The van der Waals surface area contributed by atoms with Crippen LogP contribution in [0.5, 0.6) is 5.75 Å². The number of thioether (sulfide) groups is 1. The summed E-state index contributed by atoms with van der Waals surface area (Å²) in [7, 11) is 1.39. The van der Waals surface area contributed by atoms with Crippen molar-refractivity contribution >= 4 is 17.7 Å². The maximum atomic E-state index is 11.9. The summed E-state index contributed by atoms with van der Waals surface area (Å²) in [5.74, 6) is 1.30. The lowest BCUT2D eigenvalue weighted by Crippen LogP contribution is -2.07. The molecule has 0 aliphatic carbocycles. The number of ether oxygens (including phenoxy) is 2. The van der Waals surface area contributed by atoms with Crippen molar-refractivity contribution in [2.24, 2.45) is 5.73 Å². The summed E-state index contributed by atoms with van der Waals surface area (Å²) in [6.07, 6.45) is 0. The second-order valence-electron chi connectivity index (χ2n) is 5.27. The predicted octanol–water partition coefficient (Wildman–Crippen LogP) is 3.15. The van der Waals surface area contributed by atoms with Gasteiger partial charge in [0.25, 0.3) is 0 Å². The van der Waals surface area contributed by atoms with E-state index in [2.05, 4.69) is 12.1 Å². The number of fused-ring (bicyclic) bond motifs is 2. The van der Waals surface area contributed by atoms with E-state index >= 15 is 0 Å². The Labute approximate surface area is 140 Å². The number of benzene rings is 2. The Kier molecular flexibility index (Phi) is 4.88. The smallest absolute Gasteiger partial charge is 0.337 e. The summed E-state index contributed by atoms with van der Waals surface area (Å²) in [5, 5.41) is 0.0943. The van der Waals surface area contributed by atoms with Crippen LogP contribution >= 0.6 is 11.8 Å². The van der Waals surface area contributed by atoms with Gasteiger partial charge in [0.2, 0.25) is 0 Å². The molecule has 5 heteroatoms. The first-order valence-electron chi connectivity index (χ1n) is 7.49. The molecule has 0 radical (unpaired) electrons. The molecule has 1 unspecified atom stereocenters. The van der Waals surface area contributed by atoms with E-state index in [1.54, 1.807) is 17.8 Å². The lowest BCUT2D eigenvalue weighted by molar-refractivity contribution is 0.0600. The lowest BCUT2D eigenvalue weighted by Gasteiger charge is -2.19. The molecule has 1 atom stereocenters. The second-order valence-corrected chi connectivity index (χ2v) is 6.48. The summed E-state index contributed by atoms with van der Waals surface area (Å²) >= 11 is 1.77. The third-order valence-corrected chi connectivity index (χ3v) is 5.15. The van der Waals surface area contributed by atoms with Crippen LogP contribution in [0.3, 0.4) is 0 Å². The van der Waals surface area contributed by atoms with E-state index in [0.29, 0.717) is 18.7 Å². The van der Waals surface area contributed by atoms with Crippen molar-refractivity contribution in [2.75, 3.05) is 19.4 Å². The van der Waals surface area contributed by atoms with E-state index in [1.807, 2.05) is 24.3 Å². The van der Waals surface area contributed by atoms with Crippen molar-refractivity contribution in [1.29, 1.82) is 0 Å². The fourth-order valence-electron chi connectivity index (χ4n) is 2.74. The highest BCUT2D eigenvalue weighted by molar-refractivity contribution is 7.99. The van der Waals surface area contributed by atoms with E-state index in [0.717, 1.165) is 22.6 Å². The summed E-state index contributed by atoms with van der Waals surface area (Å²) in [6, 6.07) is 13.7. The van der Waals surface area contributed by atoms with Crippen LogP contribution in [-0.2, 0) is 11.3 Å². The van der Waals surface area contributed by atoms with Gasteiger partial charge in [-0.3, -0.25) is 0 Å². The molecule has 2 aromatic rings. The third kappa shape index (κ3) is 3.21. The molecule has 1 aliphatic rings. The van der Waals surface area contributed by atoms with Crippen LogP contribution in [0.15, 0.2) is 42.5 Å². The summed E-state index contributed by atoms with van der Waals surface area (Å²) in [5.41, 5.74) is 9.61. The molecule has 0 saturated carbocycles. The monoisotopic (exact) mass is 329 g/mol. The number of carbonyl (C=O) groups is 1. The molecule has 2 N–H and O–H groups in total. The van der Waals surface area contributed by atoms with Crippen LogP contribution in [0.25, 0.3) is 0 Å². The molecule has 0 bridgehead atoms. The summed E-state index contributed by atoms with van der Waals surface area (Å²) in [6.45, 7) is 1.14. The molecule has 3 rings (SSSR count). The third-order valence-electron chi connectivity index (χ3n) is 3.84. The number of methoxy groups -OCH3 is 1. The van der Waals surface area contributed by atoms with Crippen LogP contribution in [0.2, 0.25) is 0 Å². The maximum Gasteiger partial charge on any atom is 0.337 e. The highest BCUT2D eigenvalue weighted by atomic mass is 32.2. The van der Waals surface area contributed by atoms with Gasteiger partial charge in [0, 0.05) is 17.9 Å². The molecule has 0 aromatic heterocycles. The topological polar surface area (TPSA) is 61.5 Å². The van der Waals surface area contributed by atoms with Gasteiger partial charge >= 0.3 is 5.97 Å². The first kappa shape index (κ1) is 15.9. The van der Waals surface area contributed by atoms with E-state index in [1.165, 1.54) is 12.7 Å². The molecule has 0 spiro atoms. The molecule has 0 saturated heterocycles. The fourth-order valence-corrected chi connectivity index (χ4v) is 3.88. The Morgan fingerprint density at radius 1 is 1.30 bits per heavy atom. The first-order chi connectivity index (χ1) is 11.2. The molecule has 0 amide bonds.